The average Bonchev–Trinajstić information content (AvgIpc) is 3.43. The lowest BCUT2D eigenvalue weighted by Crippen LogP contribution is -2.30. The molecule has 0 aliphatic rings. The lowest BCUT2D eigenvalue weighted by molar-refractivity contribution is -0.167. The zero-order valence-corrected chi connectivity index (χ0v) is 50.4. The van der Waals surface area contributed by atoms with E-state index in [9.17, 15) is 14.4 Å². The Balaban J connectivity index is 4.36. The van der Waals surface area contributed by atoms with E-state index in [1.54, 1.807) is 0 Å². The Hall–Kier alpha value is -3.93. The van der Waals surface area contributed by atoms with Crippen molar-refractivity contribution < 1.29 is 28.6 Å². The van der Waals surface area contributed by atoms with Gasteiger partial charge in [0.05, 0.1) is 0 Å². The van der Waals surface area contributed by atoms with Gasteiger partial charge in [0.25, 0.3) is 0 Å². The summed E-state index contributed by atoms with van der Waals surface area (Å²) in [5.41, 5.74) is 0. The van der Waals surface area contributed by atoms with Gasteiger partial charge in [0.2, 0.25) is 0 Å². The van der Waals surface area contributed by atoms with E-state index in [-0.39, 0.29) is 31.1 Å². The van der Waals surface area contributed by atoms with E-state index < -0.39 is 6.10 Å². The third kappa shape index (κ3) is 62.8. The molecule has 77 heavy (non-hydrogen) atoms. The first kappa shape index (κ1) is 73.1. The maximum absolute atomic E-state index is 12.9. The molecule has 0 rings (SSSR count). The Kier molecular flexibility index (Phi) is 61.3. The van der Waals surface area contributed by atoms with E-state index in [0.717, 1.165) is 135 Å². The standard InChI is InChI=1S/C71H120O6/c1-4-7-10-13-16-19-22-25-27-29-31-33-35-37-39-41-43-46-49-52-55-58-61-64-70(73)76-67-68(66-75-69(72)63-60-57-54-51-48-45-24-21-18-15-12-9-6-3)77-71(74)65-62-59-56-53-50-47-44-42-40-38-36-34-32-30-28-26-23-20-17-14-11-8-5-2/h7,10,12,15-16,19,21,23-27,30-33,36,38,68H,4-6,8-9,11,13-14,17-18,20,22,28-29,34-35,37,39-67H2,1-3H3/b10-7-,15-12-,19-16-,24-21-,26-23-,27-25-,32-30-,33-31-,38-36-. The minimum atomic E-state index is -0.793. The normalized spacial score (nSPS) is 12.8. The second-order valence-corrected chi connectivity index (χ2v) is 21.3. The summed E-state index contributed by atoms with van der Waals surface area (Å²) in [6, 6.07) is 0. The largest absolute Gasteiger partial charge is 0.462 e. The number of carbonyl (C=O) groups is 3. The Morgan fingerprint density at radius 3 is 0.844 bits per heavy atom. The summed E-state index contributed by atoms with van der Waals surface area (Å²) < 4.78 is 16.9. The molecule has 440 valence electrons. The fourth-order valence-electron chi connectivity index (χ4n) is 8.89. The van der Waals surface area contributed by atoms with Gasteiger partial charge in [-0.2, -0.15) is 0 Å². The molecule has 0 spiro atoms. The van der Waals surface area contributed by atoms with Crippen molar-refractivity contribution >= 4 is 17.9 Å². The van der Waals surface area contributed by atoms with Crippen LogP contribution < -0.4 is 0 Å². The quantitative estimate of drug-likeness (QED) is 0.0261. The van der Waals surface area contributed by atoms with Crippen molar-refractivity contribution in [2.24, 2.45) is 0 Å². The Morgan fingerprint density at radius 2 is 0.532 bits per heavy atom. The number of hydrogen-bond acceptors (Lipinski definition) is 6. The van der Waals surface area contributed by atoms with E-state index in [1.807, 2.05) is 0 Å². The zero-order chi connectivity index (χ0) is 55.7. The van der Waals surface area contributed by atoms with E-state index >= 15 is 0 Å². The number of carbonyl (C=O) groups excluding carboxylic acids is 3. The van der Waals surface area contributed by atoms with Gasteiger partial charge in [-0.05, 0) is 122 Å². The molecular weight excluding hydrogens is 949 g/mol. The Bertz CT molecular complexity index is 1560. The summed E-state index contributed by atoms with van der Waals surface area (Å²) in [6.07, 6.45) is 88.0. The molecule has 0 saturated heterocycles. The van der Waals surface area contributed by atoms with Gasteiger partial charge in [-0.25, -0.2) is 0 Å². The van der Waals surface area contributed by atoms with E-state index in [2.05, 4.69) is 130 Å². The Morgan fingerprint density at radius 1 is 0.273 bits per heavy atom. The minimum Gasteiger partial charge on any atom is -0.462 e. The highest BCUT2D eigenvalue weighted by molar-refractivity contribution is 5.71. The third-order valence-electron chi connectivity index (χ3n) is 13.7. The number of ether oxygens (including phenoxy) is 3. The SMILES string of the molecule is CC/C=C\C/C=C\C/C=C\C/C=C\CCCCCCCCCCCCC(=O)OCC(COC(=O)CCCCCCC/C=C\C/C=C\CCC)OC(=O)CCCCCCCCCC/C=C\C/C=C\C/C=C\CCCCCCC. The first-order chi connectivity index (χ1) is 38.0. The molecule has 1 unspecified atom stereocenters. The topological polar surface area (TPSA) is 78.9 Å². The second kappa shape index (κ2) is 64.6. The van der Waals surface area contributed by atoms with Crippen LogP contribution in [-0.4, -0.2) is 37.2 Å². The fourth-order valence-corrected chi connectivity index (χ4v) is 8.89. The lowest BCUT2D eigenvalue weighted by Gasteiger charge is -2.18. The van der Waals surface area contributed by atoms with Gasteiger partial charge in [0.1, 0.15) is 13.2 Å². The molecule has 0 aromatic heterocycles. The molecule has 1 atom stereocenters. The van der Waals surface area contributed by atoms with Crippen LogP contribution in [-0.2, 0) is 28.6 Å². The highest BCUT2D eigenvalue weighted by atomic mass is 16.6. The number of unbranched alkanes of at least 4 members (excludes halogenated alkanes) is 29. The second-order valence-electron chi connectivity index (χ2n) is 21.3. The van der Waals surface area contributed by atoms with Crippen LogP contribution in [0, 0.1) is 0 Å². The molecule has 0 aliphatic heterocycles. The van der Waals surface area contributed by atoms with Crippen LogP contribution in [0.25, 0.3) is 0 Å². The van der Waals surface area contributed by atoms with Crippen molar-refractivity contribution in [3.8, 4) is 0 Å². The highest BCUT2D eigenvalue weighted by Crippen LogP contribution is 2.16. The van der Waals surface area contributed by atoms with Gasteiger partial charge in [-0.1, -0.05) is 271 Å². The third-order valence-corrected chi connectivity index (χ3v) is 13.7. The lowest BCUT2D eigenvalue weighted by atomic mass is 10.1. The summed E-state index contributed by atoms with van der Waals surface area (Å²) in [5.74, 6) is -0.907. The molecule has 0 bridgehead atoms. The molecule has 0 saturated carbocycles. The first-order valence-corrected chi connectivity index (χ1v) is 32.4. The molecule has 0 aromatic rings. The molecule has 0 fully saturated rings. The average molecular weight is 1070 g/mol. The highest BCUT2D eigenvalue weighted by Gasteiger charge is 2.19. The van der Waals surface area contributed by atoms with E-state index in [4.69, 9.17) is 14.2 Å². The summed E-state index contributed by atoms with van der Waals surface area (Å²) >= 11 is 0. The van der Waals surface area contributed by atoms with Crippen LogP contribution in [0.3, 0.4) is 0 Å². The van der Waals surface area contributed by atoms with Crippen LogP contribution in [0.5, 0.6) is 0 Å². The van der Waals surface area contributed by atoms with Gasteiger partial charge < -0.3 is 14.2 Å². The molecule has 0 radical (unpaired) electrons. The predicted molar refractivity (Wildman–Crippen MR) is 334 cm³/mol. The summed E-state index contributed by atoms with van der Waals surface area (Å²) in [4.78, 5) is 38.3. The maximum atomic E-state index is 12.9. The summed E-state index contributed by atoms with van der Waals surface area (Å²) in [7, 11) is 0. The van der Waals surface area contributed by atoms with Gasteiger partial charge in [0, 0.05) is 19.3 Å². The van der Waals surface area contributed by atoms with Crippen molar-refractivity contribution in [3.05, 3.63) is 109 Å². The van der Waals surface area contributed by atoms with Crippen molar-refractivity contribution in [1.29, 1.82) is 0 Å². The minimum absolute atomic E-state index is 0.0885. The van der Waals surface area contributed by atoms with Crippen LogP contribution in [0.2, 0.25) is 0 Å². The fraction of sp³-hybridized carbons (Fsp3) is 0.704. The molecule has 0 aliphatic carbocycles. The van der Waals surface area contributed by atoms with Crippen LogP contribution >= 0.6 is 0 Å². The number of hydrogen-bond donors (Lipinski definition) is 0. The van der Waals surface area contributed by atoms with Crippen LogP contribution in [0.15, 0.2) is 109 Å². The van der Waals surface area contributed by atoms with Gasteiger partial charge in [0.15, 0.2) is 6.10 Å². The van der Waals surface area contributed by atoms with Crippen LogP contribution in [0.1, 0.15) is 303 Å². The van der Waals surface area contributed by atoms with E-state index in [1.165, 1.54) is 128 Å². The van der Waals surface area contributed by atoms with Gasteiger partial charge in [-0.15, -0.1) is 0 Å². The monoisotopic (exact) mass is 1070 g/mol. The van der Waals surface area contributed by atoms with Crippen molar-refractivity contribution in [3.63, 3.8) is 0 Å². The van der Waals surface area contributed by atoms with Crippen molar-refractivity contribution in [2.75, 3.05) is 13.2 Å². The van der Waals surface area contributed by atoms with Crippen molar-refractivity contribution in [1.82, 2.24) is 0 Å². The molecule has 6 nitrogen and oxygen atoms in total. The van der Waals surface area contributed by atoms with Crippen LogP contribution in [0.4, 0.5) is 0 Å². The number of esters is 3. The molecule has 0 aromatic carbocycles. The molecule has 0 heterocycles. The maximum Gasteiger partial charge on any atom is 0.306 e. The number of rotatable bonds is 58. The molecular formula is C71H120O6. The zero-order valence-electron chi connectivity index (χ0n) is 50.4. The Labute approximate surface area is 476 Å². The molecule has 6 heteroatoms. The van der Waals surface area contributed by atoms with Gasteiger partial charge >= 0.3 is 17.9 Å². The first-order valence-electron chi connectivity index (χ1n) is 32.4. The van der Waals surface area contributed by atoms with E-state index in [0.29, 0.717) is 19.3 Å². The predicted octanol–water partition coefficient (Wildman–Crippen LogP) is 22.2. The molecule has 0 amide bonds. The smallest absolute Gasteiger partial charge is 0.306 e. The van der Waals surface area contributed by atoms with Crippen molar-refractivity contribution in [2.45, 2.75) is 309 Å². The summed E-state index contributed by atoms with van der Waals surface area (Å²) in [5, 5.41) is 0. The number of allylic oxidation sites excluding steroid dienone is 18. The van der Waals surface area contributed by atoms with Gasteiger partial charge in [-0.3, -0.25) is 14.4 Å². The summed E-state index contributed by atoms with van der Waals surface area (Å²) in [6.45, 7) is 6.45. The molecule has 0 N–H and O–H groups in total.